The standard InChI is InChI=1S/C14H21N/c1-5-15-8-6-7-14-10-12(3)11(2)9-13(14)4/h6-7,9-10,15H,5,8H2,1-4H3. The molecule has 0 fully saturated rings. The molecule has 1 aromatic rings. The summed E-state index contributed by atoms with van der Waals surface area (Å²) in [5.41, 5.74) is 5.42. The molecule has 0 saturated carbocycles. The third-order valence-corrected chi connectivity index (χ3v) is 2.69. The Kier molecular flexibility index (Phi) is 4.57. The van der Waals surface area contributed by atoms with Crippen molar-refractivity contribution in [3.63, 3.8) is 0 Å². The molecule has 0 aromatic heterocycles. The van der Waals surface area contributed by atoms with Crippen LogP contribution in [0.3, 0.4) is 0 Å². The van der Waals surface area contributed by atoms with Gasteiger partial charge in [-0.3, -0.25) is 0 Å². The van der Waals surface area contributed by atoms with Crippen LogP contribution in [0.5, 0.6) is 0 Å². The van der Waals surface area contributed by atoms with Gasteiger partial charge >= 0.3 is 0 Å². The number of hydrogen-bond donors (Lipinski definition) is 1. The van der Waals surface area contributed by atoms with Crippen LogP contribution < -0.4 is 5.32 Å². The summed E-state index contributed by atoms with van der Waals surface area (Å²) in [5, 5.41) is 3.28. The van der Waals surface area contributed by atoms with E-state index in [-0.39, 0.29) is 0 Å². The molecule has 0 aliphatic carbocycles. The molecule has 0 amide bonds. The maximum absolute atomic E-state index is 3.28. The summed E-state index contributed by atoms with van der Waals surface area (Å²) >= 11 is 0. The van der Waals surface area contributed by atoms with Crippen molar-refractivity contribution in [2.75, 3.05) is 13.1 Å². The van der Waals surface area contributed by atoms with Gasteiger partial charge in [-0.2, -0.15) is 0 Å². The zero-order valence-electron chi connectivity index (χ0n) is 10.2. The van der Waals surface area contributed by atoms with Crippen LogP contribution in [0.25, 0.3) is 6.08 Å². The average Bonchev–Trinajstić information content (AvgIpc) is 2.20. The fourth-order valence-electron chi connectivity index (χ4n) is 1.58. The van der Waals surface area contributed by atoms with E-state index in [1.54, 1.807) is 0 Å². The summed E-state index contributed by atoms with van der Waals surface area (Å²) in [6.07, 6.45) is 4.38. The summed E-state index contributed by atoms with van der Waals surface area (Å²) in [5.74, 6) is 0. The highest BCUT2D eigenvalue weighted by Crippen LogP contribution is 2.16. The van der Waals surface area contributed by atoms with E-state index in [0.717, 1.165) is 13.1 Å². The second-order valence-electron chi connectivity index (χ2n) is 4.00. The van der Waals surface area contributed by atoms with E-state index in [9.17, 15) is 0 Å². The fourth-order valence-corrected chi connectivity index (χ4v) is 1.58. The Hall–Kier alpha value is -1.08. The highest BCUT2D eigenvalue weighted by molar-refractivity contribution is 5.56. The predicted molar refractivity (Wildman–Crippen MR) is 68.2 cm³/mol. The van der Waals surface area contributed by atoms with Crippen molar-refractivity contribution < 1.29 is 0 Å². The van der Waals surface area contributed by atoms with Gasteiger partial charge in [-0.05, 0) is 49.6 Å². The van der Waals surface area contributed by atoms with Crippen LogP contribution in [-0.4, -0.2) is 13.1 Å². The first-order valence-electron chi connectivity index (χ1n) is 5.60. The van der Waals surface area contributed by atoms with Crippen LogP contribution in [0.15, 0.2) is 18.2 Å². The second kappa shape index (κ2) is 5.72. The lowest BCUT2D eigenvalue weighted by molar-refractivity contribution is 0.801. The smallest absolute Gasteiger partial charge is 0.0138 e. The minimum absolute atomic E-state index is 0.947. The Labute approximate surface area is 93.2 Å². The van der Waals surface area contributed by atoms with E-state index in [4.69, 9.17) is 0 Å². The molecule has 0 atom stereocenters. The molecule has 1 heteroatoms. The lowest BCUT2D eigenvalue weighted by atomic mass is 10.0. The molecule has 82 valence electrons. The SMILES string of the molecule is CCNCC=Cc1cc(C)c(C)cc1C. The molecule has 1 nitrogen and oxygen atoms in total. The van der Waals surface area contributed by atoms with Gasteiger partial charge in [0.25, 0.3) is 0 Å². The Bertz CT molecular complexity index is 351. The van der Waals surface area contributed by atoms with Gasteiger partial charge in [0.1, 0.15) is 0 Å². The number of benzene rings is 1. The lowest BCUT2D eigenvalue weighted by Crippen LogP contribution is -2.11. The summed E-state index contributed by atoms with van der Waals surface area (Å²) in [6.45, 7) is 10.6. The molecule has 0 aliphatic rings. The number of rotatable bonds is 4. The Morgan fingerprint density at radius 2 is 1.73 bits per heavy atom. The van der Waals surface area contributed by atoms with E-state index >= 15 is 0 Å². The van der Waals surface area contributed by atoms with Crippen LogP contribution >= 0.6 is 0 Å². The zero-order chi connectivity index (χ0) is 11.3. The van der Waals surface area contributed by atoms with E-state index in [1.807, 2.05) is 0 Å². The topological polar surface area (TPSA) is 12.0 Å². The van der Waals surface area contributed by atoms with Crippen LogP contribution in [0.4, 0.5) is 0 Å². The van der Waals surface area contributed by atoms with E-state index in [1.165, 1.54) is 22.3 Å². The van der Waals surface area contributed by atoms with Gasteiger partial charge in [0.15, 0.2) is 0 Å². The van der Waals surface area contributed by atoms with E-state index in [0.29, 0.717) is 0 Å². The van der Waals surface area contributed by atoms with Crippen molar-refractivity contribution >= 4 is 6.08 Å². The molecule has 0 bridgehead atoms. The highest BCUT2D eigenvalue weighted by atomic mass is 14.8. The fraction of sp³-hybridized carbons (Fsp3) is 0.429. The van der Waals surface area contributed by atoms with Gasteiger partial charge in [0.05, 0.1) is 0 Å². The maximum atomic E-state index is 3.28. The van der Waals surface area contributed by atoms with Gasteiger partial charge in [-0.15, -0.1) is 0 Å². The van der Waals surface area contributed by atoms with Gasteiger partial charge in [0.2, 0.25) is 0 Å². The van der Waals surface area contributed by atoms with Gasteiger partial charge in [0, 0.05) is 6.54 Å². The molecule has 0 radical (unpaired) electrons. The van der Waals surface area contributed by atoms with E-state index in [2.05, 4.69) is 57.3 Å². The van der Waals surface area contributed by atoms with Crippen LogP contribution in [0, 0.1) is 20.8 Å². The monoisotopic (exact) mass is 203 g/mol. The summed E-state index contributed by atoms with van der Waals surface area (Å²) in [4.78, 5) is 0. The highest BCUT2D eigenvalue weighted by Gasteiger charge is 1.97. The lowest BCUT2D eigenvalue weighted by Gasteiger charge is -2.06. The first kappa shape index (κ1) is 12.0. The molecule has 1 aromatic carbocycles. The van der Waals surface area contributed by atoms with Gasteiger partial charge in [-0.1, -0.05) is 31.2 Å². The first-order chi connectivity index (χ1) is 7.15. The average molecular weight is 203 g/mol. The first-order valence-corrected chi connectivity index (χ1v) is 5.60. The third-order valence-electron chi connectivity index (χ3n) is 2.69. The molecule has 0 heterocycles. The van der Waals surface area contributed by atoms with Crippen LogP contribution in [-0.2, 0) is 0 Å². The number of likely N-dealkylation sites (N-methyl/N-ethyl adjacent to an activating group) is 1. The van der Waals surface area contributed by atoms with Crippen molar-refractivity contribution in [2.45, 2.75) is 27.7 Å². The molecule has 0 spiro atoms. The molecule has 0 saturated heterocycles. The Balaban J connectivity index is 2.77. The maximum Gasteiger partial charge on any atom is 0.0138 e. The zero-order valence-corrected chi connectivity index (χ0v) is 10.2. The molecular weight excluding hydrogens is 182 g/mol. The minimum Gasteiger partial charge on any atom is -0.314 e. The van der Waals surface area contributed by atoms with Crippen molar-refractivity contribution in [1.82, 2.24) is 5.32 Å². The second-order valence-corrected chi connectivity index (χ2v) is 4.00. The Morgan fingerprint density at radius 1 is 1.07 bits per heavy atom. The van der Waals surface area contributed by atoms with Gasteiger partial charge < -0.3 is 5.32 Å². The molecule has 1 rings (SSSR count). The van der Waals surface area contributed by atoms with Crippen molar-refractivity contribution in [3.8, 4) is 0 Å². The summed E-state index contributed by atoms with van der Waals surface area (Å²) < 4.78 is 0. The normalized spacial score (nSPS) is 11.2. The van der Waals surface area contributed by atoms with Crippen LogP contribution in [0.1, 0.15) is 29.2 Å². The predicted octanol–water partition coefficient (Wildman–Crippen LogP) is 3.23. The summed E-state index contributed by atoms with van der Waals surface area (Å²) in [7, 11) is 0. The Morgan fingerprint density at radius 3 is 2.40 bits per heavy atom. The quantitative estimate of drug-likeness (QED) is 0.741. The van der Waals surface area contributed by atoms with Crippen molar-refractivity contribution in [1.29, 1.82) is 0 Å². The van der Waals surface area contributed by atoms with Crippen molar-refractivity contribution in [2.24, 2.45) is 0 Å². The van der Waals surface area contributed by atoms with Gasteiger partial charge in [-0.25, -0.2) is 0 Å². The molecule has 0 aliphatic heterocycles. The largest absolute Gasteiger partial charge is 0.314 e. The molecular formula is C14H21N. The number of hydrogen-bond acceptors (Lipinski definition) is 1. The van der Waals surface area contributed by atoms with Crippen LogP contribution in [0.2, 0.25) is 0 Å². The van der Waals surface area contributed by atoms with Crippen molar-refractivity contribution in [3.05, 3.63) is 40.5 Å². The third kappa shape index (κ3) is 3.52. The molecule has 0 unspecified atom stereocenters. The number of nitrogens with one attached hydrogen (secondary N) is 1. The number of aryl methyl sites for hydroxylation is 3. The summed E-state index contributed by atoms with van der Waals surface area (Å²) in [6, 6.07) is 4.51. The minimum atomic E-state index is 0.947. The van der Waals surface area contributed by atoms with E-state index < -0.39 is 0 Å². The molecule has 1 N–H and O–H groups in total. The molecule has 15 heavy (non-hydrogen) atoms.